The van der Waals surface area contributed by atoms with Crippen LogP contribution in [-0.2, 0) is 21.7 Å². The van der Waals surface area contributed by atoms with Crippen molar-refractivity contribution >= 4 is 0 Å². The van der Waals surface area contributed by atoms with Crippen molar-refractivity contribution in [1.82, 2.24) is 0 Å². The monoisotopic (exact) mass is 310 g/mol. The Bertz CT molecular complexity index is 230. The fourth-order valence-corrected chi connectivity index (χ4v) is 1.73. The van der Waals surface area contributed by atoms with E-state index < -0.39 is 0 Å². The van der Waals surface area contributed by atoms with E-state index in [9.17, 15) is 0 Å². The number of allylic oxidation sites excluding steroid dienone is 8. The van der Waals surface area contributed by atoms with Crippen molar-refractivity contribution in [3.05, 3.63) is 55.5 Å². The maximum atomic E-state index is 4.20. The minimum absolute atomic E-state index is 0. The van der Waals surface area contributed by atoms with Crippen LogP contribution in [-0.4, -0.2) is 0 Å². The molecule has 0 fully saturated rings. The Labute approximate surface area is 131 Å². The van der Waals surface area contributed by atoms with Crippen molar-refractivity contribution in [2.45, 2.75) is 0 Å². The molecule has 0 saturated carbocycles. The normalized spacial score (nSPS) is 16.6. The molecule has 0 bridgehead atoms. The number of halogens is 3. The molecule has 0 unspecified atom stereocenters. The van der Waals surface area contributed by atoms with Crippen LogP contribution < -0.4 is 37.2 Å². The van der Waals surface area contributed by atoms with E-state index in [0.717, 1.165) is 0 Å². The molecule has 16 heavy (non-hydrogen) atoms. The molecule has 2 aliphatic rings. The van der Waals surface area contributed by atoms with Crippen LogP contribution in [0.3, 0.4) is 0 Å². The minimum Gasteiger partial charge on any atom is -1.00 e. The molecule has 0 aromatic rings. The predicted octanol–water partition coefficient (Wildman–Crippen LogP) is -6.07. The Balaban J connectivity index is -0.000000422. The van der Waals surface area contributed by atoms with E-state index in [0.29, 0.717) is 17.8 Å². The average Bonchev–Trinajstić information content (AvgIpc) is 2.77. The summed E-state index contributed by atoms with van der Waals surface area (Å²) in [4.78, 5) is 0. The fourth-order valence-electron chi connectivity index (χ4n) is 1.73. The van der Waals surface area contributed by atoms with E-state index in [-0.39, 0.29) is 58.9 Å². The van der Waals surface area contributed by atoms with Crippen molar-refractivity contribution in [1.29, 1.82) is 0 Å². The van der Waals surface area contributed by atoms with E-state index >= 15 is 0 Å². The fraction of sp³-hybridized carbons (Fsp3) is 0.250. The zero-order valence-corrected chi connectivity index (χ0v) is 12.5. The second-order valence-electron chi connectivity index (χ2n) is 3.36. The van der Waals surface area contributed by atoms with Crippen LogP contribution in [0.5, 0.6) is 0 Å². The molecule has 0 saturated heterocycles. The number of hydrogen-bond donors (Lipinski definition) is 0. The van der Waals surface area contributed by atoms with Gasteiger partial charge in [-0.25, -0.2) is 0 Å². The topological polar surface area (TPSA) is 0 Å². The molecule has 0 aliphatic heterocycles. The maximum Gasteiger partial charge on any atom is 4.00 e. The second kappa shape index (κ2) is 10.7. The molecule has 2 aliphatic carbocycles. The maximum absolute atomic E-state index is 4.20. The Hall–Kier alpha value is 0.544. The molecule has 86 valence electrons. The second-order valence-corrected chi connectivity index (χ2v) is 3.36. The van der Waals surface area contributed by atoms with E-state index in [2.05, 4.69) is 55.5 Å². The van der Waals surface area contributed by atoms with Gasteiger partial charge in [0.25, 0.3) is 0 Å². The van der Waals surface area contributed by atoms with Crippen LogP contribution in [0, 0.1) is 24.7 Å². The average molecular weight is 311 g/mol. The van der Waals surface area contributed by atoms with E-state index in [1.54, 1.807) is 0 Å². The van der Waals surface area contributed by atoms with Gasteiger partial charge in [-0.3, -0.25) is 0 Å². The van der Waals surface area contributed by atoms with Gasteiger partial charge < -0.3 is 44.1 Å². The van der Waals surface area contributed by atoms with Crippen LogP contribution in [0.15, 0.2) is 48.6 Å². The van der Waals surface area contributed by atoms with Crippen molar-refractivity contribution in [3.8, 4) is 0 Å². The minimum atomic E-state index is 0. The van der Waals surface area contributed by atoms with Crippen molar-refractivity contribution in [3.63, 3.8) is 0 Å². The van der Waals surface area contributed by atoms with Gasteiger partial charge in [-0.2, -0.15) is 0 Å². The molecule has 4 heteroatoms. The molecule has 0 aromatic carbocycles. The SMILES string of the molecule is [CH2-]C(C1C=CC=C1)C1C=CC=C1.[Cl-].[Cl-].[Cl-].[Ti+4]. The van der Waals surface area contributed by atoms with Crippen LogP contribution in [0.1, 0.15) is 0 Å². The molecule has 0 spiro atoms. The van der Waals surface area contributed by atoms with E-state index in [1.165, 1.54) is 0 Å². The molecular formula is C12H13Cl3Ti. The third-order valence-electron chi connectivity index (χ3n) is 2.54. The zero-order valence-electron chi connectivity index (χ0n) is 8.69. The van der Waals surface area contributed by atoms with E-state index in [1.807, 2.05) is 0 Å². The Morgan fingerprint density at radius 3 is 1.19 bits per heavy atom. The first-order valence-corrected chi connectivity index (χ1v) is 4.41. The molecule has 0 heterocycles. The molecular weight excluding hydrogens is 298 g/mol. The quantitative estimate of drug-likeness (QED) is 0.352. The molecule has 0 radical (unpaired) electrons. The van der Waals surface area contributed by atoms with Gasteiger partial charge in [-0.05, 0) is 11.8 Å². The Morgan fingerprint density at radius 2 is 0.938 bits per heavy atom. The zero-order chi connectivity index (χ0) is 8.39. The molecule has 0 N–H and O–H groups in total. The number of rotatable bonds is 2. The van der Waals surface area contributed by atoms with Gasteiger partial charge in [0.2, 0.25) is 0 Å². The van der Waals surface area contributed by atoms with Gasteiger partial charge >= 0.3 is 21.7 Å². The smallest absolute Gasteiger partial charge is 1.00 e. The largest absolute Gasteiger partial charge is 4.00 e. The summed E-state index contributed by atoms with van der Waals surface area (Å²) in [7, 11) is 0. The summed E-state index contributed by atoms with van der Waals surface area (Å²) in [5, 5.41) is 0. The molecule has 0 amide bonds. The Kier molecular flexibility index (Phi) is 14.5. The van der Waals surface area contributed by atoms with Gasteiger partial charge in [0.1, 0.15) is 0 Å². The first kappa shape index (κ1) is 21.8. The van der Waals surface area contributed by atoms with Crippen LogP contribution >= 0.6 is 0 Å². The van der Waals surface area contributed by atoms with Gasteiger partial charge in [0.15, 0.2) is 0 Å². The summed E-state index contributed by atoms with van der Waals surface area (Å²) < 4.78 is 0. The summed E-state index contributed by atoms with van der Waals surface area (Å²) in [6, 6.07) is 0. The predicted molar refractivity (Wildman–Crippen MR) is 52.4 cm³/mol. The molecule has 0 aromatic heterocycles. The van der Waals surface area contributed by atoms with Gasteiger partial charge in [0.05, 0.1) is 0 Å². The first-order valence-electron chi connectivity index (χ1n) is 4.41. The van der Waals surface area contributed by atoms with Crippen molar-refractivity contribution < 1.29 is 58.9 Å². The first-order chi connectivity index (χ1) is 5.88. The third kappa shape index (κ3) is 5.25. The van der Waals surface area contributed by atoms with E-state index in [4.69, 9.17) is 0 Å². The van der Waals surface area contributed by atoms with Gasteiger partial charge in [-0.15, -0.1) is 5.92 Å². The molecule has 0 atom stereocenters. The molecule has 0 nitrogen and oxygen atoms in total. The summed E-state index contributed by atoms with van der Waals surface area (Å²) in [5.74, 6) is 1.51. The summed E-state index contributed by atoms with van der Waals surface area (Å²) >= 11 is 0. The van der Waals surface area contributed by atoms with Crippen LogP contribution in [0.2, 0.25) is 0 Å². The van der Waals surface area contributed by atoms with Crippen molar-refractivity contribution in [2.75, 3.05) is 0 Å². The van der Waals surface area contributed by atoms with Gasteiger partial charge in [-0.1, -0.05) is 48.6 Å². The number of hydrogen-bond acceptors (Lipinski definition) is 0. The van der Waals surface area contributed by atoms with Crippen LogP contribution in [0.4, 0.5) is 0 Å². The standard InChI is InChI=1S/C12H13.3ClH.Ti/c1-10(11-6-2-3-7-11)12-8-4-5-9-12;;;;/h2-12H,1H2;3*1H;/q-1;;;;+4/p-3. The Morgan fingerprint density at radius 1 is 0.688 bits per heavy atom. The summed E-state index contributed by atoms with van der Waals surface area (Å²) in [6.45, 7) is 4.20. The van der Waals surface area contributed by atoms with Crippen molar-refractivity contribution in [2.24, 2.45) is 17.8 Å². The molecule has 2 rings (SSSR count). The summed E-state index contributed by atoms with van der Waals surface area (Å²) in [6.07, 6.45) is 17.3. The summed E-state index contributed by atoms with van der Waals surface area (Å²) in [5.41, 5.74) is 0. The third-order valence-corrected chi connectivity index (χ3v) is 2.54. The van der Waals surface area contributed by atoms with Gasteiger partial charge in [0, 0.05) is 0 Å². The van der Waals surface area contributed by atoms with Crippen LogP contribution in [0.25, 0.3) is 0 Å².